The van der Waals surface area contributed by atoms with E-state index in [4.69, 9.17) is 5.73 Å². The highest BCUT2D eigenvalue weighted by molar-refractivity contribution is 5.45. The van der Waals surface area contributed by atoms with Crippen LogP contribution in [-0.4, -0.2) is 27.7 Å². The SMILES string of the molecule is NCCC1(CNc2ccn3nccc3n2)CC1. The number of nitrogens with two attached hydrogens (primary N) is 1. The van der Waals surface area contributed by atoms with E-state index in [9.17, 15) is 0 Å². The molecule has 1 aliphatic carbocycles. The van der Waals surface area contributed by atoms with Crippen LogP contribution >= 0.6 is 0 Å². The Labute approximate surface area is 100 Å². The molecule has 90 valence electrons. The van der Waals surface area contributed by atoms with Crippen LogP contribution in [0.1, 0.15) is 19.3 Å². The number of nitrogens with one attached hydrogen (secondary N) is 1. The van der Waals surface area contributed by atoms with Gasteiger partial charge in [-0.25, -0.2) is 9.50 Å². The molecule has 0 saturated heterocycles. The zero-order chi connectivity index (χ0) is 11.7. The summed E-state index contributed by atoms with van der Waals surface area (Å²) in [7, 11) is 0. The Hall–Kier alpha value is -1.62. The molecule has 0 unspecified atom stereocenters. The van der Waals surface area contributed by atoms with Gasteiger partial charge in [-0.1, -0.05) is 0 Å². The average molecular weight is 231 g/mol. The number of anilines is 1. The molecule has 0 atom stereocenters. The molecule has 1 fully saturated rings. The molecule has 5 nitrogen and oxygen atoms in total. The largest absolute Gasteiger partial charge is 0.369 e. The number of nitrogens with zero attached hydrogens (tertiary/aromatic N) is 3. The average Bonchev–Trinajstić information content (AvgIpc) is 2.95. The van der Waals surface area contributed by atoms with Gasteiger partial charge in [-0.3, -0.25) is 0 Å². The van der Waals surface area contributed by atoms with Crippen LogP contribution in [0, 0.1) is 5.41 Å². The monoisotopic (exact) mass is 231 g/mol. The molecule has 1 saturated carbocycles. The molecule has 2 aromatic rings. The Bertz CT molecular complexity index is 514. The van der Waals surface area contributed by atoms with E-state index in [1.165, 1.54) is 12.8 Å². The van der Waals surface area contributed by atoms with Gasteiger partial charge < -0.3 is 11.1 Å². The minimum atomic E-state index is 0.433. The minimum Gasteiger partial charge on any atom is -0.369 e. The molecule has 0 amide bonds. The van der Waals surface area contributed by atoms with Crippen LogP contribution in [-0.2, 0) is 0 Å². The van der Waals surface area contributed by atoms with Crippen molar-refractivity contribution >= 4 is 11.5 Å². The summed E-state index contributed by atoms with van der Waals surface area (Å²) < 4.78 is 1.76. The Balaban J connectivity index is 1.68. The summed E-state index contributed by atoms with van der Waals surface area (Å²) in [6, 6.07) is 3.86. The first-order valence-electron chi connectivity index (χ1n) is 6.06. The fraction of sp³-hybridized carbons (Fsp3) is 0.500. The predicted molar refractivity (Wildman–Crippen MR) is 66.8 cm³/mol. The van der Waals surface area contributed by atoms with Gasteiger partial charge in [-0.05, 0) is 37.3 Å². The topological polar surface area (TPSA) is 68.2 Å². The molecule has 0 aromatic carbocycles. The maximum Gasteiger partial charge on any atom is 0.157 e. The molecular formula is C12H17N5. The van der Waals surface area contributed by atoms with Crippen molar-refractivity contribution in [1.29, 1.82) is 0 Å². The summed E-state index contributed by atoms with van der Waals surface area (Å²) in [6.07, 6.45) is 7.35. The third kappa shape index (κ3) is 2.10. The van der Waals surface area contributed by atoms with Crippen LogP contribution in [0.2, 0.25) is 0 Å². The fourth-order valence-corrected chi connectivity index (χ4v) is 2.19. The first-order valence-corrected chi connectivity index (χ1v) is 6.06. The Kier molecular flexibility index (Phi) is 2.48. The first-order chi connectivity index (χ1) is 8.31. The second-order valence-electron chi connectivity index (χ2n) is 4.84. The lowest BCUT2D eigenvalue weighted by Gasteiger charge is -2.15. The number of hydrogen-bond donors (Lipinski definition) is 2. The Morgan fingerprint density at radius 2 is 2.29 bits per heavy atom. The molecule has 5 heteroatoms. The van der Waals surface area contributed by atoms with Crippen LogP contribution < -0.4 is 11.1 Å². The predicted octanol–water partition coefficient (Wildman–Crippen LogP) is 1.27. The van der Waals surface area contributed by atoms with Gasteiger partial charge in [-0.15, -0.1) is 0 Å². The van der Waals surface area contributed by atoms with Crippen molar-refractivity contribution in [3.63, 3.8) is 0 Å². The van der Waals surface area contributed by atoms with Crippen molar-refractivity contribution in [2.45, 2.75) is 19.3 Å². The van der Waals surface area contributed by atoms with E-state index in [0.29, 0.717) is 5.41 Å². The highest BCUT2D eigenvalue weighted by atomic mass is 15.2. The standard InChI is InChI=1S/C12H17N5/c13-6-5-12(3-4-12)9-14-10-2-8-17-11(16-10)1-7-15-17/h1-2,7-8H,3-6,9,13H2,(H,14,16). The van der Waals surface area contributed by atoms with Crippen LogP contribution in [0.5, 0.6) is 0 Å². The van der Waals surface area contributed by atoms with Gasteiger partial charge in [0.25, 0.3) is 0 Å². The van der Waals surface area contributed by atoms with E-state index in [-0.39, 0.29) is 0 Å². The molecular weight excluding hydrogens is 214 g/mol. The molecule has 0 aliphatic heterocycles. The van der Waals surface area contributed by atoms with Crippen molar-refractivity contribution in [1.82, 2.24) is 14.6 Å². The van der Waals surface area contributed by atoms with E-state index < -0.39 is 0 Å². The van der Waals surface area contributed by atoms with E-state index in [2.05, 4.69) is 15.4 Å². The van der Waals surface area contributed by atoms with E-state index in [1.807, 2.05) is 18.3 Å². The zero-order valence-electron chi connectivity index (χ0n) is 9.76. The molecule has 3 N–H and O–H groups in total. The molecule has 0 radical (unpaired) electrons. The summed E-state index contributed by atoms with van der Waals surface area (Å²) in [6.45, 7) is 1.75. The highest BCUT2D eigenvalue weighted by Gasteiger charge is 2.41. The van der Waals surface area contributed by atoms with Crippen LogP contribution in [0.4, 0.5) is 5.82 Å². The Morgan fingerprint density at radius 1 is 1.41 bits per heavy atom. The van der Waals surface area contributed by atoms with Gasteiger partial charge in [0.2, 0.25) is 0 Å². The van der Waals surface area contributed by atoms with Crippen LogP contribution in [0.15, 0.2) is 24.5 Å². The van der Waals surface area contributed by atoms with Gasteiger partial charge in [0.15, 0.2) is 5.65 Å². The van der Waals surface area contributed by atoms with Crippen molar-refractivity contribution in [2.75, 3.05) is 18.4 Å². The summed E-state index contributed by atoms with van der Waals surface area (Å²) in [5.41, 5.74) is 6.94. The summed E-state index contributed by atoms with van der Waals surface area (Å²) >= 11 is 0. The molecule has 2 aromatic heterocycles. The normalized spacial score (nSPS) is 17.2. The maximum absolute atomic E-state index is 5.63. The lowest BCUT2D eigenvalue weighted by atomic mass is 10.0. The zero-order valence-corrected chi connectivity index (χ0v) is 9.76. The molecule has 0 spiro atoms. The van der Waals surface area contributed by atoms with Gasteiger partial charge in [0.05, 0.1) is 6.20 Å². The van der Waals surface area contributed by atoms with E-state index >= 15 is 0 Å². The number of fused-ring (bicyclic) bond motifs is 1. The summed E-state index contributed by atoms with van der Waals surface area (Å²) in [5, 5.41) is 7.53. The smallest absolute Gasteiger partial charge is 0.157 e. The number of rotatable bonds is 5. The van der Waals surface area contributed by atoms with E-state index in [0.717, 1.165) is 31.0 Å². The maximum atomic E-state index is 5.63. The molecule has 0 bridgehead atoms. The van der Waals surface area contributed by atoms with Gasteiger partial charge in [0.1, 0.15) is 5.82 Å². The summed E-state index contributed by atoms with van der Waals surface area (Å²) in [4.78, 5) is 4.48. The molecule has 17 heavy (non-hydrogen) atoms. The fourth-order valence-electron chi connectivity index (χ4n) is 2.19. The number of hydrogen-bond acceptors (Lipinski definition) is 4. The highest BCUT2D eigenvalue weighted by Crippen LogP contribution is 2.48. The van der Waals surface area contributed by atoms with Gasteiger partial charge in [-0.2, -0.15) is 5.10 Å². The summed E-state index contributed by atoms with van der Waals surface area (Å²) in [5.74, 6) is 0.918. The first kappa shape index (κ1) is 10.5. The lowest BCUT2D eigenvalue weighted by Crippen LogP contribution is -2.19. The number of aromatic nitrogens is 3. The molecule has 1 aliphatic rings. The van der Waals surface area contributed by atoms with Gasteiger partial charge >= 0.3 is 0 Å². The van der Waals surface area contributed by atoms with Crippen LogP contribution in [0.3, 0.4) is 0 Å². The van der Waals surface area contributed by atoms with E-state index in [1.54, 1.807) is 10.7 Å². The van der Waals surface area contributed by atoms with Gasteiger partial charge in [0, 0.05) is 18.8 Å². The quantitative estimate of drug-likeness (QED) is 0.813. The third-order valence-corrected chi connectivity index (χ3v) is 3.53. The molecule has 2 heterocycles. The molecule has 3 rings (SSSR count). The third-order valence-electron chi connectivity index (χ3n) is 3.53. The lowest BCUT2D eigenvalue weighted by molar-refractivity contribution is 0.500. The van der Waals surface area contributed by atoms with Crippen molar-refractivity contribution in [3.8, 4) is 0 Å². The van der Waals surface area contributed by atoms with Crippen molar-refractivity contribution in [3.05, 3.63) is 24.5 Å². The van der Waals surface area contributed by atoms with Crippen molar-refractivity contribution in [2.24, 2.45) is 11.1 Å². The second kappa shape index (κ2) is 4.00. The minimum absolute atomic E-state index is 0.433. The Morgan fingerprint density at radius 3 is 3.06 bits per heavy atom. The van der Waals surface area contributed by atoms with Crippen LogP contribution in [0.25, 0.3) is 5.65 Å². The van der Waals surface area contributed by atoms with Crippen molar-refractivity contribution < 1.29 is 0 Å². The second-order valence-corrected chi connectivity index (χ2v) is 4.84.